The summed E-state index contributed by atoms with van der Waals surface area (Å²) in [5, 5.41) is 2.42. The third kappa shape index (κ3) is 4.07. The third-order valence-electron chi connectivity index (χ3n) is 6.54. The first kappa shape index (κ1) is 23.1. The molecule has 1 atom stereocenters. The zero-order chi connectivity index (χ0) is 24.9. The lowest BCUT2D eigenvalue weighted by Crippen LogP contribution is -2.29. The molecular weight excluding hydrogens is 456 g/mol. The molecule has 0 spiro atoms. The topological polar surface area (TPSA) is 100 Å². The summed E-state index contributed by atoms with van der Waals surface area (Å²) in [6.45, 7) is 4.81. The van der Waals surface area contributed by atoms with E-state index in [9.17, 15) is 14.0 Å². The zero-order valence-electron chi connectivity index (χ0n) is 19.7. The van der Waals surface area contributed by atoms with E-state index in [4.69, 9.17) is 4.74 Å². The average Bonchev–Trinajstić information content (AvgIpc) is 3.24. The van der Waals surface area contributed by atoms with Gasteiger partial charge in [0.1, 0.15) is 28.8 Å². The Morgan fingerprint density at radius 3 is 2.80 bits per heavy atom. The molecule has 2 aromatic heterocycles. The predicted molar refractivity (Wildman–Crippen MR) is 126 cm³/mol. The van der Waals surface area contributed by atoms with E-state index in [-0.39, 0.29) is 29.6 Å². The molecule has 0 bridgehead atoms. The van der Waals surface area contributed by atoms with Crippen LogP contribution in [0.2, 0.25) is 0 Å². The Labute approximate surface area is 200 Å². The molecule has 2 N–H and O–H groups in total. The maximum Gasteiger partial charge on any atom is 0.269 e. The Bertz CT molecular complexity index is 1450. The second kappa shape index (κ2) is 8.84. The summed E-state index contributed by atoms with van der Waals surface area (Å²) in [6, 6.07) is 3.05. The molecule has 1 unspecified atom stereocenters. The second-order valence-electron chi connectivity index (χ2n) is 8.94. The van der Waals surface area contributed by atoms with Crippen molar-refractivity contribution in [2.75, 3.05) is 20.1 Å². The number of nitrogens with zero attached hydrogens (tertiary/aromatic N) is 3. The van der Waals surface area contributed by atoms with Gasteiger partial charge in [-0.2, -0.15) is 4.39 Å². The van der Waals surface area contributed by atoms with Crippen LogP contribution in [0.5, 0.6) is 5.75 Å². The molecule has 1 aromatic carbocycles. The quantitative estimate of drug-likeness (QED) is 0.556. The van der Waals surface area contributed by atoms with Crippen LogP contribution < -0.4 is 15.6 Å². The fourth-order valence-corrected chi connectivity index (χ4v) is 4.71. The molecule has 3 aromatic rings. The Hall–Kier alpha value is -3.66. The highest BCUT2D eigenvalue weighted by atomic mass is 19.1. The molecule has 2 aliphatic heterocycles. The number of carbonyl (C=O) groups is 1. The molecule has 1 amide bonds. The molecule has 0 saturated carbocycles. The molecule has 182 valence electrons. The largest absolute Gasteiger partial charge is 0.490 e. The molecule has 8 nitrogen and oxygen atoms in total. The molecule has 4 heterocycles. The number of aromatic amines is 1. The number of fused-ring (bicyclic) bond motifs is 3. The molecule has 0 fully saturated rings. The van der Waals surface area contributed by atoms with E-state index in [0.29, 0.717) is 48.3 Å². The maximum atomic E-state index is 15.6. The first-order valence-corrected chi connectivity index (χ1v) is 11.5. The molecule has 35 heavy (non-hydrogen) atoms. The summed E-state index contributed by atoms with van der Waals surface area (Å²) in [5.41, 5.74) is 2.75. The number of nitrogens with one attached hydrogen (secondary N) is 2. The summed E-state index contributed by atoms with van der Waals surface area (Å²) in [7, 11) is 1.46. The van der Waals surface area contributed by atoms with E-state index in [2.05, 4.69) is 20.3 Å². The van der Waals surface area contributed by atoms with Crippen molar-refractivity contribution in [1.82, 2.24) is 25.2 Å². The van der Waals surface area contributed by atoms with Crippen LogP contribution in [0.1, 0.15) is 46.2 Å². The van der Waals surface area contributed by atoms with Crippen molar-refractivity contribution in [3.63, 3.8) is 0 Å². The summed E-state index contributed by atoms with van der Waals surface area (Å²) < 4.78 is 36.2. The average molecular weight is 482 g/mol. The Morgan fingerprint density at radius 1 is 1.31 bits per heavy atom. The highest BCUT2D eigenvalue weighted by Crippen LogP contribution is 2.40. The summed E-state index contributed by atoms with van der Waals surface area (Å²) in [6.07, 6.45) is 2.88. The van der Waals surface area contributed by atoms with Crippen molar-refractivity contribution in [3.05, 3.63) is 68.4 Å². The lowest BCUT2D eigenvalue weighted by atomic mass is 9.99. The number of pyridine rings is 1. The normalized spacial score (nSPS) is 17.7. The van der Waals surface area contributed by atoms with Gasteiger partial charge in [0.15, 0.2) is 5.82 Å². The van der Waals surface area contributed by atoms with Crippen LogP contribution in [-0.4, -0.2) is 52.0 Å². The van der Waals surface area contributed by atoms with Gasteiger partial charge in [-0.25, -0.2) is 14.4 Å². The first-order chi connectivity index (χ1) is 16.8. The van der Waals surface area contributed by atoms with Crippen molar-refractivity contribution in [2.45, 2.75) is 39.3 Å². The number of hydrogen-bond donors (Lipinski definition) is 2. The number of ether oxygens (including phenoxy) is 1. The molecule has 0 radical (unpaired) electrons. The highest BCUT2D eigenvalue weighted by Gasteiger charge is 2.31. The van der Waals surface area contributed by atoms with E-state index in [1.54, 1.807) is 13.0 Å². The number of rotatable bonds is 4. The maximum absolute atomic E-state index is 15.6. The first-order valence-electron chi connectivity index (χ1n) is 11.5. The van der Waals surface area contributed by atoms with Crippen LogP contribution >= 0.6 is 0 Å². The standard InChI is InChI=1S/C25H25F2N5O3/c1-12-10-16-20-21(31-24(33)13(2)29-20)19(26)17(22(16)35-12)11-32-8-6-14(7-9-32)15-4-5-18(25(34)28-3)30-23(15)27/h4-6,12H,7-11H2,1-3H3,(H,28,34)(H,31,33). The fourth-order valence-electron chi connectivity index (χ4n) is 4.71. The van der Waals surface area contributed by atoms with Gasteiger partial charge in [0.05, 0.1) is 5.52 Å². The Balaban J connectivity index is 1.43. The highest BCUT2D eigenvalue weighted by molar-refractivity contribution is 5.92. The molecule has 0 aliphatic carbocycles. The van der Waals surface area contributed by atoms with Crippen molar-refractivity contribution in [3.8, 4) is 5.75 Å². The van der Waals surface area contributed by atoms with Gasteiger partial charge < -0.3 is 15.0 Å². The van der Waals surface area contributed by atoms with Crippen molar-refractivity contribution < 1.29 is 18.3 Å². The van der Waals surface area contributed by atoms with E-state index < -0.39 is 23.2 Å². The SMILES string of the molecule is CNC(=O)c1ccc(C2=CCN(Cc3c4c(c5nc(C)c(=O)[nH]c5c3F)CC(C)O4)CC2)c(F)n1. The number of amides is 1. The van der Waals surface area contributed by atoms with Gasteiger partial charge in [0, 0.05) is 49.8 Å². The predicted octanol–water partition coefficient (Wildman–Crippen LogP) is 2.88. The van der Waals surface area contributed by atoms with Crippen LogP contribution in [-0.2, 0) is 13.0 Å². The van der Waals surface area contributed by atoms with Crippen LogP contribution in [0, 0.1) is 18.7 Å². The summed E-state index contributed by atoms with van der Waals surface area (Å²) >= 11 is 0. The van der Waals surface area contributed by atoms with Crippen molar-refractivity contribution in [1.29, 1.82) is 0 Å². The second-order valence-corrected chi connectivity index (χ2v) is 8.94. The number of H-pyrrole nitrogens is 1. The minimum Gasteiger partial charge on any atom is -0.490 e. The van der Waals surface area contributed by atoms with Gasteiger partial charge in [0.2, 0.25) is 5.95 Å². The van der Waals surface area contributed by atoms with Gasteiger partial charge in [0.25, 0.3) is 11.5 Å². The van der Waals surface area contributed by atoms with Gasteiger partial charge in [-0.15, -0.1) is 0 Å². The van der Waals surface area contributed by atoms with Gasteiger partial charge in [-0.05, 0) is 38.0 Å². The smallest absolute Gasteiger partial charge is 0.269 e. The van der Waals surface area contributed by atoms with E-state index >= 15 is 4.39 Å². The van der Waals surface area contributed by atoms with Crippen molar-refractivity contribution >= 4 is 22.5 Å². The Kier molecular flexibility index (Phi) is 5.84. The number of aryl methyl sites for hydroxylation is 1. The molecule has 0 saturated heterocycles. The zero-order valence-corrected chi connectivity index (χ0v) is 19.7. The lowest BCUT2D eigenvalue weighted by molar-refractivity contribution is 0.0957. The van der Waals surface area contributed by atoms with E-state index in [1.165, 1.54) is 13.1 Å². The van der Waals surface area contributed by atoms with Gasteiger partial charge in [-0.1, -0.05) is 6.08 Å². The number of halogens is 2. The molecular formula is C25H25F2N5O3. The summed E-state index contributed by atoms with van der Waals surface area (Å²) in [4.78, 5) is 36.6. The van der Waals surface area contributed by atoms with E-state index in [1.807, 2.05) is 17.9 Å². The third-order valence-corrected chi connectivity index (χ3v) is 6.54. The molecule has 10 heteroatoms. The summed E-state index contributed by atoms with van der Waals surface area (Å²) in [5.74, 6) is -1.19. The minimum absolute atomic E-state index is 0.0179. The minimum atomic E-state index is -0.696. The monoisotopic (exact) mass is 481 g/mol. The van der Waals surface area contributed by atoms with Gasteiger partial charge in [-0.3, -0.25) is 14.5 Å². The fraction of sp³-hybridized carbons (Fsp3) is 0.360. The van der Waals surface area contributed by atoms with Crippen LogP contribution in [0.3, 0.4) is 0 Å². The van der Waals surface area contributed by atoms with Crippen molar-refractivity contribution in [2.24, 2.45) is 0 Å². The molecule has 5 rings (SSSR count). The molecule has 2 aliphatic rings. The van der Waals surface area contributed by atoms with Crippen LogP contribution in [0.4, 0.5) is 8.78 Å². The number of benzene rings is 1. The lowest BCUT2D eigenvalue weighted by Gasteiger charge is -2.27. The van der Waals surface area contributed by atoms with Crippen LogP contribution in [0.25, 0.3) is 16.6 Å². The van der Waals surface area contributed by atoms with Gasteiger partial charge >= 0.3 is 0 Å². The van der Waals surface area contributed by atoms with Crippen LogP contribution in [0.15, 0.2) is 23.0 Å². The number of hydrogen-bond acceptors (Lipinski definition) is 6. The number of carbonyl (C=O) groups excluding carboxylic acids is 1. The number of aromatic nitrogens is 3. The Morgan fingerprint density at radius 2 is 2.11 bits per heavy atom. The van der Waals surface area contributed by atoms with E-state index in [0.717, 1.165) is 11.1 Å².